The van der Waals surface area contributed by atoms with Crippen LogP contribution < -0.4 is 54.9 Å². The van der Waals surface area contributed by atoms with Crippen LogP contribution >= 0.6 is 58.0 Å². The van der Waals surface area contributed by atoms with Crippen LogP contribution in [0.15, 0.2) is 322 Å². The summed E-state index contributed by atoms with van der Waals surface area (Å²) in [5.74, 6) is -0.496. The molecule has 0 saturated carbocycles. The van der Waals surface area contributed by atoms with Crippen molar-refractivity contribution in [2.75, 3.05) is 0 Å². The molecule has 750 valence electrons. The number of benzene rings is 5. The van der Waals surface area contributed by atoms with Crippen LogP contribution in [0.1, 0.15) is 151 Å². The molecule has 0 amide bonds. The van der Waals surface area contributed by atoms with Gasteiger partial charge in [0.05, 0.1) is 66.8 Å². The van der Waals surface area contributed by atoms with E-state index in [2.05, 4.69) is 24.9 Å². The number of pyridine rings is 15. The summed E-state index contributed by atoms with van der Waals surface area (Å²) in [7, 11) is 0. The van der Waals surface area contributed by atoms with E-state index in [1.807, 2.05) is 260 Å². The second-order valence-corrected chi connectivity index (χ2v) is 39.3. The smallest absolute Gasteiger partial charge is 0.269 e. The SMILES string of the molecule is CC(=O)c1cc(=O)c2cc(-c3cc(Cl)c(=O)n(C(C)C)c3)c(-c3ccccc3)nc2[nH]1.CC(=O)c1cc(=O)c2cc(-c3cc(Cl)c(=O)n(C(C)C)c3)c(-c3ccccc3)nc2[nH]1.Cc1cc(=O)c2cc(-c3cc(Cl)c(=O)n(C(C)C)c3)c(-c3ccccc3)nc2[nH]1.Cc1cc(=O)c2cc(-c3cc(Cl)c(=O)n(C(C)C)c3)c(-c3ccccc3)nc2[nH]1.Cc1cc(=O)c2cc(-c3cc(Cl)c(=O)n(C(C)C)c3)c(-c3ccccc3)nc2[nH]1. The van der Waals surface area contributed by atoms with Gasteiger partial charge in [-0.25, -0.2) is 24.9 Å². The lowest BCUT2D eigenvalue weighted by atomic mass is 9.98. The summed E-state index contributed by atoms with van der Waals surface area (Å²) < 4.78 is 7.89. The first-order valence-corrected chi connectivity index (χ1v) is 49.7. The van der Waals surface area contributed by atoms with Gasteiger partial charge in [-0.2, -0.15) is 0 Å². The summed E-state index contributed by atoms with van der Waals surface area (Å²) in [5, 5.41) is 2.74. The topological polar surface area (TPSA) is 373 Å². The molecule has 27 nitrogen and oxygen atoms in total. The second-order valence-electron chi connectivity index (χ2n) is 37.3. The minimum Gasteiger partial charge on any atom is -0.343 e. The molecule has 0 aliphatic carbocycles. The summed E-state index contributed by atoms with van der Waals surface area (Å²) >= 11 is 31.3. The Kier molecular flexibility index (Phi) is 31.4. The second kappa shape index (κ2) is 44.4. The highest BCUT2D eigenvalue weighted by Gasteiger charge is 2.26. The largest absolute Gasteiger partial charge is 0.343 e. The van der Waals surface area contributed by atoms with E-state index in [-0.39, 0.29) is 133 Å². The predicted octanol–water partition coefficient (Wildman–Crippen LogP) is 24.6. The van der Waals surface area contributed by atoms with Gasteiger partial charge < -0.3 is 47.8 Å². The standard InChI is InChI=1S/2C24H20ClN3O3.3C23H20ClN3O2/c2*1-13(2)28-12-16(9-19(25)24(28)31)17-10-18-21(30)11-20(14(3)29)26-23(18)27-22(17)15-7-5-4-6-8-15;3*1-13(2)27-12-16(10-19(24)23(27)29)17-11-18-20(28)9-14(3)25-22(18)26-21(17)15-7-5-4-6-8-15/h2*4-13H,1-3H3,(H,26,27,30);3*4-13H,1-3H3,(H,25,26,28). The van der Waals surface area contributed by atoms with E-state index in [1.54, 1.807) is 114 Å². The van der Waals surface area contributed by atoms with Crippen molar-refractivity contribution in [2.24, 2.45) is 0 Å². The van der Waals surface area contributed by atoms with E-state index >= 15 is 0 Å². The van der Waals surface area contributed by atoms with Crippen molar-refractivity contribution in [2.45, 2.75) is 134 Å². The number of fused-ring (bicyclic) bond motifs is 5. The Bertz CT molecular complexity index is 8660. The zero-order chi connectivity index (χ0) is 107. The monoisotopic (exact) mass is 2080 g/mol. The summed E-state index contributed by atoms with van der Waals surface area (Å²) in [6.45, 7) is 27.4. The first kappa shape index (κ1) is 105. The van der Waals surface area contributed by atoms with Gasteiger partial charge in [0.25, 0.3) is 27.8 Å². The summed E-state index contributed by atoms with van der Waals surface area (Å²) in [6, 6.07) is 72.1. The van der Waals surface area contributed by atoms with Crippen LogP contribution in [0, 0.1) is 20.8 Å². The number of aryl methyl sites for hydroxylation is 3. The van der Waals surface area contributed by atoms with Crippen LogP contribution in [0.4, 0.5) is 0 Å². The number of hydrogen-bond donors (Lipinski definition) is 5. The van der Waals surface area contributed by atoms with Crippen molar-refractivity contribution in [3.8, 4) is 112 Å². The third-order valence-electron chi connectivity index (χ3n) is 24.8. The number of rotatable bonds is 17. The van der Waals surface area contributed by atoms with Gasteiger partial charge in [0, 0.05) is 206 Å². The van der Waals surface area contributed by atoms with Gasteiger partial charge in [0.15, 0.2) is 38.7 Å². The molecule has 0 spiro atoms. The van der Waals surface area contributed by atoms with Crippen molar-refractivity contribution in [1.82, 2.24) is 72.7 Å². The zero-order valence-electron chi connectivity index (χ0n) is 83.6. The number of H-pyrrole nitrogens is 5. The minimum absolute atomic E-state index is 0.0559. The Morgan fingerprint density at radius 2 is 0.403 bits per heavy atom. The number of nitrogens with one attached hydrogen (secondary N) is 5. The van der Waals surface area contributed by atoms with Crippen molar-refractivity contribution < 1.29 is 9.59 Å². The van der Waals surface area contributed by atoms with E-state index in [0.717, 1.165) is 78.3 Å². The Balaban J connectivity index is 0.000000133. The number of carbonyl (C=O) groups excluding carboxylic acids is 2. The first-order valence-electron chi connectivity index (χ1n) is 47.8. The maximum atomic E-state index is 12.7. The summed E-state index contributed by atoms with van der Waals surface area (Å²) in [5.41, 5.74) is 17.5. The average molecular weight is 2090 g/mol. The van der Waals surface area contributed by atoms with Gasteiger partial charge in [0.1, 0.15) is 53.3 Å². The first-order chi connectivity index (χ1) is 71.1. The predicted molar refractivity (Wildman–Crippen MR) is 599 cm³/mol. The number of hydrogen-bond acceptors (Lipinski definition) is 17. The number of aromatic amines is 5. The lowest BCUT2D eigenvalue weighted by Crippen LogP contribution is -2.21. The van der Waals surface area contributed by atoms with E-state index in [0.29, 0.717) is 106 Å². The molecule has 0 aliphatic heterocycles. The maximum absolute atomic E-state index is 12.7. The van der Waals surface area contributed by atoms with Gasteiger partial charge in [-0.15, -0.1) is 0 Å². The fourth-order valence-corrected chi connectivity index (χ4v) is 18.3. The lowest BCUT2D eigenvalue weighted by molar-refractivity contribution is 0.100. The molecule has 0 saturated heterocycles. The molecule has 0 radical (unpaired) electrons. The highest BCUT2D eigenvalue weighted by atomic mass is 35.5. The molecule has 15 aromatic heterocycles. The molecule has 15 heterocycles. The molecule has 0 aliphatic rings. The normalized spacial score (nSPS) is 11.3. The molecule has 5 aromatic carbocycles. The van der Waals surface area contributed by atoms with E-state index in [1.165, 1.54) is 26.0 Å². The van der Waals surface area contributed by atoms with Crippen molar-refractivity contribution in [1.29, 1.82) is 0 Å². The van der Waals surface area contributed by atoms with Crippen molar-refractivity contribution in [3.05, 3.63) is 430 Å². The third-order valence-corrected chi connectivity index (χ3v) is 26.2. The molecule has 5 N–H and O–H groups in total. The number of carbonyl (C=O) groups is 2. The van der Waals surface area contributed by atoms with Gasteiger partial charge >= 0.3 is 0 Å². The number of aromatic nitrogens is 15. The molecule has 32 heteroatoms. The van der Waals surface area contributed by atoms with Crippen LogP contribution in [-0.2, 0) is 0 Å². The van der Waals surface area contributed by atoms with E-state index < -0.39 is 0 Å². The Morgan fingerprint density at radius 3 is 0.570 bits per heavy atom. The fourth-order valence-electron chi connectivity index (χ4n) is 17.3. The Labute approximate surface area is 876 Å². The van der Waals surface area contributed by atoms with Crippen LogP contribution in [0.5, 0.6) is 0 Å². The maximum Gasteiger partial charge on any atom is 0.269 e. The molecule has 20 rings (SSSR count). The van der Waals surface area contributed by atoms with Gasteiger partial charge in [-0.1, -0.05) is 210 Å². The summed E-state index contributed by atoms with van der Waals surface area (Å²) in [4.78, 5) is 188. The highest BCUT2D eigenvalue weighted by Crippen LogP contribution is 2.41. The Hall–Kier alpha value is -16.6. The molecule has 149 heavy (non-hydrogen) atoms. The van der Waals surface area contributed by atoms with E-state index in [4.69, 9.17) is 82.9 Å². The zero-order valence-corrected chi connectivity index (χ0v) is 87.4. The summed E-state index contributed by atoms with van der Waals surface area (Å²) in [6.07, 6.45) is 8.78. The number of halogens is 5. The van der Waals surface area contributed by atoms with Gasteiger partial charge in [-0.3, -0.25) is 57.5 Å². The number of Topliss-reactive ketones (excluding diaryl/α,β-unsaturated/α-hetero) is 2. The molecule has 0 unspecified atom stereocenters. The average Bonchev–Trinajstić information content (AvgIpc) is 0.769. The highest BCUT2D eigenvalue weighted by molar-refractivity contribution is 6.32. The van der Waals surface area contributed by atoms with Gasteiger partial charge in [0.2, 0.25) is 0 Å². The third kappa shape index (κ3) is 22.7. The molecule has 0 fully saturated rings. The van der Waals surface area contributed by atoms with E-state index in [9.17, 15) is 57.5 Å². The Morgan fingerprint density at radius 1 is 0.235 bits per heavy atom. The van der Waals surface area contributed by atoms with Crippen LogP contribution in [0.3, 0.4) is 0 Å². The quantitative estimate of drug-likeness (QED) is 0.0529. The van der Waals surface area contributed by atoms with Crippen molar-refractivity contribution in [3.63, 3.8) is 0 Å². The number of nitrogens with zero attached hydrogens (tertiary/aromatic N) is 10. The number of ketones is 2. The molecular formula is C117H100Cl5N15O12. The van der Waals surface area contributed by atoms with Crippen LogP contribution in [0.25, 0.3) is 167 Å². The fraction of sp³-hybridized carbons (Fsp3) is 0.171. The lowest BCUT2D eigenvalue weighted by Gasteiger charge is -2.16. The minimum atomic E-state index is -0.310. The van der Waals surface area contributed by atoms with Crippen molar-refractivity contribution >= 4 is 125 Å². The molecular weight excluding hydrogens is 1980 g/mol. The molecule has 20 aromatic rings. The van der Waals surface area contributed by atoms with Gasteiger partial charge in [-0.05, 0) is 151 Å². The molecule has 0 atom stereocenters. The van der Waals surface area contributed by atoms with Crippen LogP contribution in [0.2, 0.25) is 25.1 Å². The van der Waals surface area contributed by atoms with Crippen LogP contribution in [-0.4, -0.2) is 84.2 Å². The molecule has 0 bridgehead atoms.